The number of halogens is 1. The van der Waals surface area contributed by atoms with Gasteiger partial charge >= 0.3 is 0 Å². The van der Waals surface area contributed by atoms with Crippen molar-refractivity contribution in [3.05, 3.63) is 76.9 Å². The summed E-state index contributed by atoms with van der Waals surface area (Å²) in [4.78, 5) is 13.9. The monoisotopic (exact) mass is 327 g/mol. The van der Waals surface area contributed by atoms with Gasteiger partial charge in [0.15, 0.2) is 5.78 Å². The molecular weight excluding hydrogens is 314 g/mol. The van der Waals surface area contributed by atoms with E-state index in [1.165, 1.54) is 0 Å². The Morgan fingerprint density at radius 1 is 1.00 bits per heavy atom. The first kappa shape index (κ1) is 13.1. The number of para-hydroxylation sites is 1. The smallest absolute Gasteiger partial charge is 0.159 e. The quantitative estimate of drug-likeness (QED) is 0.810. The molecule has 0 saturated carbocycles. The second kappa shape index (κ2) is 5.63. The lowest BCUT2D eigenvalue weighted by atomic mass is 9.97. The Hall–Kier alpha value is -1.87. The summed E-state index contributed by atoms with van der Waals surface area (Å²) in [6, 6.07) is 18.4. The number of hydrogen-bond donors (Lipinski definition) is 0. The number of hydrogen-bond acceptors (Lipinski definition) is 2. The van der Waals surface area contributed by atoms with Crippen LogP contribution in [-0.2, 0) is 4.79 Å². The zero-order valence-corrected chi connectivity index (χ0v) is 12.5. The van der Waals surface area contributed by atoms with E-state index in [1.807, 2.05) is 36.5 Å². The van der Waals surface area contributed by atoms with Gasteiger partial charge in [0.1, 0.15) is 0 Å². The molecule has 0 bridgehead atoms. The standard InChI is InChI=1S/C17H14BrNO/c18-14-8-6-13(7-9-14)17-12-16(20)10-11-19(17)15-4-2-1-3-5-15/h1-11,17H,12H2. The van der Waals surface area contributed by atoms with Crippen molar-refractivity contribution in [1.29, 1.82) is 0 Å². The van der Waals surface area contributed by atoms with E-state index in [0.29, 0.717) is 6.42 Å². The highest BCUT2D eigenvalue weighted by Gasteiger charge is 2.24. The lowest BCUT2D eigenvalue weighted by molar-refractivity contribution is -0.115. The fraction of sp³-hybridized carbons (Fsp3) is 0.118. The molecule has 0 aliphatic carbocycles. The SMILES string of the molecule is O=C1C=CN(c2ccccc2)C(c2ccc(Br)cc2)C1. The second-order valence-corrected chi connectivity index (χ2v) is 5.71. The van der Waals surface area contributed by atoms with Crippen LogP contribution in [0, 0.1) is 0 Å². The van der Waals surface area contributed by atoms with E-state index < -0.39 is 0 Å². The van der Waals surface area contributed by atoms with Gasteiger partial charge in [-0.15, -0.1) is 0 Å². The summed E-state index contributed by atoms with van der Waals surface area (Å²) in [5, 5.41) is 0. The maximum Gasteiger partial charge on any atom is 0.159 e. The van der Waals surface area contributed by atoms with Crippen LogP contribution in [0.2, 0.25) is 0 Å². The molecule has 2 nitrogen and oxygen atoms in total. The summed E-state index contributed by atoms with van der Waals surface area (Å²) < 4.78 is 1.05. The Morgan fingerprint density at radius 3 is 2.40 bits per heavy atom. The summed E-state index contributed by atoms with van der Waals surface area (Å²) >= 11 is 3.45. The molecule has 20 heavy (non-hydrogen) atoms. The van der Waals surface area contributed by atoms with E-state index in [4.69, 9.17) is 0 Å². The minimum Gasteiger partial charge on any atom is -0.340 e. The fourth-order valence-electron chi connectivity index (χ4n) is 2.45. The van der Waals surface area contributed by atoms with E-state index in [-0.39, 0.29) is 11.8 Å². The number of nitrogens with zero attached hydrogens (tertiary/aromatic N) is 1. The average molecular weight is 328 g/mol. The minimum atomic E-state index is 0.0583. The summed E-state index contributed by atoms with van der Waals surface area (Å²) in [6.07, 6.45) is 4.04. The van der Waals surface area contributed by atoms with Gasteiger partial charge in [-0.25, -0.2) is 0 Å². The maximum absolute atomic E-state index is 11.8. The van der Waals surface area contributed by atoms with Gasteiger partial charge in [0.25, 0.3) is 0 Å². The Balaban J connectivity index is 2.00. The molecule has 1 aliphatic heterocycles. The number of rotatable bonds is 2. The van der Waals surface area contributed by atoms with Crippen LogP contribution < -0.4 is 4.90 Å². The number of benzene rings is 2. The van der Waals surface area contributed by atoms with Crippen LogP contribution >= 0.6 is 15.9 Å². The van der Waals surface area contributed by atoms with Gasteiger partial charge in [-0.1, -0.05) is 46.3 Å². The van der Waals surface area contributed by atoms with Crippen LogP contribution in [0.4, 0.5) is 5.69 Å². The van der Waals surface area contributed by atoms with Crippen molar-refractivity contribution in [3.8, 4) is 0 Å². The van der Waals surface area contributed by atoms with Gasteiger partial charge in [0.05, 0.1) is 6.04 Å². The highest BCUT2D eigenvalue weighted by molar-refractivity contribution is 9.10. The van der Waals surface area contributed by atoms with Gasteiger partial charge in [0, 0.05) is 22.8 Å². The predicted molar refractivity (Wildman–Crippen MR) is 84.6 cm³/mol. The lowest BCUT2D eigenvalue weighted by Crippen LogP contribution is -2.28. The molecule has 0 amide bonds. The molecule has 3 heteroatoms. The summed E-state index contributed by atoms with van der Waals surface area (Å²) in [5.41, 5.74) is 2.25. The zero-order valence-electron chi connectivity index (χ0n) is 10.9. The molecule has 0 radical (unpaired) electrons. The van der Waals surface area contributed by atoms with E-state index >= 15 is 0 Å². The number of allylic oxidation sites excluding steroid dienone is 1. The van der Waals surface area contributed by atoms with Gasteiger partial charge in [-0.05, 0) is 35.9 Å². The molecule has 0 aromatic heterocycles. The molecule has 0 fully saturated rings. The third-order valence-corrected chi connectivity index (χ3v) is 3.99. The van der Waals surface area contributed by atoms with Crippen LogP contribution in [0.5, 0.6) is 0 Å². The van der Waals surface area contributed by atoms with Gasteiger partial charge in [0.2, 0.25) is 0 Å². The molecule has 0 saturated heterocycles. The van der Waals surface area contributed by atoms with E-state index in [9.17, 15) is 4.79 Å². The molecule has 0 spiro atoms. The first-order chi connectivity index (χ1) is 9.74. The van der Waals surface area contributed by atoms with Gasteiger partial charge in [-0.2, -0.15) is 0 Å². The molecule has 2 aromatic carbocycles. The molecular formula is C17H14BrNO. The molecule has 3 rings (SSSR count). The first-order valence-corrected chi connectivity index (χ1v) is 7.33. The topological polar surface area (TPSA) is 20.3 Å². The van der Waals surface area contributed by atoms with Crippen LogP contribution in [-0.4, -0.2) is 5.78 Å². The van der Waals surface area contributed by atoms with Crippen LogP contribution in [0.1, 0.15) is 18.0 Å². The van der Waals surface area contributed by atoms with Crippen LogP contribution in [0.3, 0.4) is 0 Å². The van der Waals surface area contributed by atoms with Gasteiger partial charge < -0.3 is 4.90 Å². The Labute approximate surface area is 126 Å². The van der Waals surface area contributed by atoms with E-state index in [2.05, 4.69) is 45.1 Å². The number of carbonyl (C=O) groups is 1. The molecule has 1 unspecified atom stereocenters. The number of ketones is 1. The largest absolute Gasteiger partial charge is 0.340 e. The maximum atomic E-state index is 11.8. The van der Waals surface area contributed by atoms with Crippen molar-refractivity contribution >= 4 is 27.4 Å². The fourth-order valence-corrected chi connectivity index (χ4v) is 2.72. The van der Waals surface area contributed by atoms with Crippen molar-refractivity contribution in [2.24, 2.45) is 0 Å². The molecule has 1 atom stereocenters. The molecule has 2 aromatic rings. The average Bonchev–Trinajstić information content (AvgIpc) is 2.49. The van der Waals surface area contributed by atoms with Crippen molar-refractivity contribution in [3.63, 3.8) is 0 Å². The van der Waals surface area contributed by atoms with E-state index in [0.717, 1.165) is 15.7 Å². The zero-order chi connectivity index (χ0) is 13.9. The van der Waals surface area contributed by atoms with Gasteiger partial charge in [-0.3, -0.25) is 4.79 Å². The summed E-state index contributed by atoms with van der Waals surface area (Å²) in [6.45, 7) is 0. The van der Waals surface area contributed by atoms with E-state index in [1.54, 1.807) is 6.08 Å². The lowest BCUT2D eigenvalue weighted by Gasteiger charge is -2.33. The Kier molecular flexibility index (Phi) is 3.70. The van der Waals surface area contributed by atoms with Crippen LogP contribution in [0.15, 0.2) is 71.3 Å². The Bertz CT molecular complexity index is 634. The Morgan fingerprint density at radius 2 is 1.70 bits per heavy atom. The van der Waals surface area contributed by atoms with Crippen molar-refractivity contribution in [1.82, 2.24) is 0 Å². The predicted octanol–water partition coefficient (Wildman–Crippen LogP) is 4.48. The highest BCUT2D eigenvalue weighted by Crippen LogP contribution is 2.33. The number of carbonyl (C=O) groups excluding carboxylic acids is 1. The molecule has 1 heterocycles. The van der Waals surface area contributed by atoms with Crippen molar-refractivity contribution in [2.75, 3.05) is 4.90 Å². The molecule has 1 aliphatic rings. The molecule has 0 N–H and O–H groups in total. The third-order valence-electron chi connectivity index (χ3n) is 3.46. The molecule has 100 valence electrons. The normalized spacial score (nSPS) is 18.4. The summed E-state index contributed by atoms with van der Waals surface area (Å²) in [7, 11) is 0. The van der Waals surface area contributed by atoms with Crippen molar-refractivity contribution < 1.29 is 4.79 Å². The summed E-state index contributed by atoms with van der Waals surface area (Å²) in [5.74, 6) is 0.171. The first-order valence-electron chi connectivity index (χ1n) is 6.54. The minimum absolute atomic E-state index is 0.0583. The number of anilines is 1. The third kappa shape index (κ3) is 2.68. The van der Waals surface area contributed by atoms with Crippen LogP contribution in [0.25, 0.3) is 0 Å². The highest BCUT2D eigenvalue weighted by atomic mass is 79.9. The second-order valence-electron chi connectivity index (χ2n) is 4.80. The van der Waals surface area contributed by atoms with Crippen molar-refractivity contribution in [2.45, 2.75) is 12.5 Å².